The number of hydrogen-bond acceptors (Lipinski definition) is 5. The van der Waals surface area contributed by atoms with Crippen LogP contribution in [0.5, 0.6) is 0 Å². The van der Waals surface area contributed by atoms with Gasteiger partial charge >= 0.3 is 0 Å². The van der Waals surface area contributed by atoms with E-state index >= 15 is 0 Å². The summed E-state index contributed by atoms with van der Waals surface area (Å²) in [4.78, 5) is 33.7. The van der Waals surface area contributed by atoms with Crippen LogP contribution < -0.4 is 10.4 Å². The smallest absolute Gasteiger partial charge is 0.263 e. The van der Waals surface area contributed by atoms with E-state index in [1.807, 2.05) is 11.3 Å². The lowest BCUT2D eigenvalue weighted by Crippen LogP contribution is -2.56. The monoisotopic (exact) mass is 679 g/mol. The van der Waals surface area contributed by atoms with E-state index in [2.05, 4.69) is 57.5 Å². The molecular weight excluding hydrogens is 627 g/mol. The number of carbonyl (C=O) groups is 2. The van der Waals surface area contributed by atoms with Crippen LogP contribution >= 0.6 is 34.0 Å². The van der Waals surface area contributed by atoms with Crippen LogP contribution in [0.25, 0.3) is 19.5 Å². The molecule has 0 N–H and O–H groups in total. The Hall–Kier alpha value is -1.54. The van der Waals surface area contributed by atoms with Gasteiger partial charge in [-0.25, -0.2) is 0 Å². The van der Waals surface area contributed by atoms with Crippen LogP contribution in [0.15, 0.2) is 12.1 Å². The lowest BCUT2D eigenvalue weighted by molar-refractivity contribution is 0.0651. The van der Waals surface area contributed by atoms with Crippen LogP contribution in [0.4, 0.5) is 0 Å². The molecule has 244 valence electrons. The number of fused-ring (bicyclic) bond motifs is 4. The molecule has 2 aliphatic rings. The maximum Gasteiger partial charge on any atom is 0.263 e. The molecule has 2 atom stereocenters. The second kappa shape index (κ2) is 16.0. The molecule has 2 amide bonds. The number of carbonyl (C=O) groups excluding carboxylic acids is 2. The van der Waals surface area contributed by atoms with Crippen molar-refractivity contribution < 1.29 is 9.59 Å². The Morgan fingerprint density at radius 2 is 1.38 bits per heavy atom. The van der Waals surface area contributed by atoms with Gasteiger partial charge in [0.05, 0.1) is 21.4 Å². The molecule has 45 heavy (non-hydrogen) atoms. The van der Waals surface area contributed by atoms with Crippen LogP contribution in [-0.2, 0) is 0 Å². The number of unbranched alkanes of at least 4 members (excludes halogenated alkanes) is 7. The number of thiophene rings is 3. The highest BCUT2D eigenvalue weighted by molar-refractivity contribution is 7.31. The number of imide groups is 1. The van der Waals surface area contributed by atoms with Crippen LogP contribution in [0, 0.1) is 22.6 Å². The SMILES string of the molecule is CCCCCCCCN1C(=O)c2[c]sc(-c3cc4c(s3)-c3s[c]cc3[Si]4(CC(CC)CCCC)CC(CC)CCCC)c2C1=O. The van der Waals surface area contributed by atoms with E-state index in [1.54, 1.807) is 21.7 Å². The first-order valence-corrected chi connectivity index (χ1v) is 22.9. The first-order valence-electron chi connectivity index (χ1n) is 18.0. The molecule has 7 heteroatoms. The van der Waals surface area contributed by atoms with Crippen LogP contribution in [0.1, 0.15) is 145 Å². The predicted molar refractivity (Wildman–Crippen MR) is 199 cm³/mol. The van der Waals surface area contributed by atoms with Crippen LogP contribution in [0.2, 0.25) is 12.1 Å². The van der Waals surface area contributed by atoms with Gasteiger partial charge in [-0.2, -0.15) is 0 Å². The second-order valence-corrected chi connectivity index (χ2v) is 20.4. The molecule has 2 aliphatic heterocycles. The van der Waals surface area contributed by atoms with E-state index in [0.29, 0.717) is 17.7 Å². The summed E-state index contributed by atoms with van der Waals surface area (Å²) in [6.45, 7) is 12.2. The van der Waals surface area contributed by atoms with Crippen LogP contribution in [0.3, 0.4) is 0 Å². The quantitative estimate of drug-likeness (QED) is 0.0677. The van der Waals surface area contributed by atoms with Crippen molar-refractivity contribution in [1.82, 2.24) is 4.90 Å². The normalized spacial score (nSPS) is 18.5. The van der Waals surface area contributed by atoms with Gasteiger partial charge in [0.2, 0.25) is 0 Å². The van der Waals surface area contributed by atoms with Crippen molar-refractivity contribution >= 4 is 64.3 Å². The third kappa shape index (κ3) is 7.03. The van der Waals surface area contributed by atoms with Crippen molar-refractivity contribution in [3.8, 4) is 19.5 Å². The average Bonchev–Trinajstić information content (AvgIpc) is 3.86. The van der Waals surface area contributed by atoms with Crippen molar-refractivity contribution in [3.05, 3.63) is 34.0 Å². The Morgan fingerprint density at radius 1 is 0.733 bits per heavy atom. The summed E-state index contributed by atoms with van der Waals surface area (Å²) in [7, 11) is -2.06. The molecule has 0 spiro atoms. The number of hydrogen-bond donors (Lipinski definition) is 0. The molecule has 0 saturated carbocycles. The Morgan fingerprint density at radius 3 is 2.02 bits per heavy atom. The lowest BCUT2D eigenvalue weighted by atomic mass is 10.0. The summed E-state index contributed by atoms with van der Waals surface area (Å²) >= 11 is 5.15. The Kier molecular flexibility index (Phi) is 12.4. The van der Waals surface area contributed by atoms with Crippen molar-refractivity contribution in [1.29, 1.82) is 0 Å². The fourth-order valence-electron chi connectivity index (χ4n) is 7.82. The third-order valence-corrected chi connectivity index (χ3v) is 19.5. The highest BCUT2D eigenvalue weighted by Crippen LogP contribution is 2.48. The van der Waals surface area contributed by atoms with E-state index in [-0.39, 0.29) is 11.8 Å². The van der Waals surface area contributed by atoms with E-state index in [4.69, 9.17) is 0 Å². The van der Waals surface area contributed by atoms with E-state index in [9.17, 15) is 9.59 Å². The van der Waals surface area contributed by atoms with Gasteiger partial charge in [-0.1, -0.05) is 118 Å². The van der Waals surface area contributed by atoms with E-state index in [0.717, 1.165) is 29.6 Å². The summed E-state index contributed by atoms with van der Waals surface area (Å²) in [5.74, 6) is 1.25. The second-order valence-electron chi connectivity index (χ2n) is 13.6. The van der Waals surface area contributed by atoms with Gasteiger partial charge in [0.15, 0.2) is 0 Å². The minimum Gasteiger partial charge on any atom is -0.274 e. The molecule has 2 radical (unpaired) electrons. The predicted octanol–water partition coefficient (Wildman–Crippen LogP) is 11.1. The third-order valence-electron chi connectivity index (χ3n) is 10.5. The Balaban J connectivity index is 1.49. The van der Waals surface area contributed by atoms with Gasteiger partial charge in [0.25, 0.3) is 11.8 Å². The summed E-state index contributed by atoms with van der Waals surface area (Å²) < 4.78 is 0. The summed E-state index contributed by atoms with van der Waals surface area (Å²) in [5.41, 5.74) is 1.12. The molecule has 0 aliphatic carbocycles. The summed E-state index contributed by atoms with van der Waals surface area (Å²) in [6.07, 6.45) is 17.1. The van der Waals surface area contributed by atoms with Crippen LogP contribution in [-0.4, -0.2) is 31.3 Å². The zero-order valence-electron chi connectivity index (χ0n) is 28.3. The molecule has 3 nitrogen and oxygen atoms in total. The molecule has 0 bridgehead atoms. The van der Waals surface area contributed by atoms with Crippen molar-refractivity contribution in [2.24, 2.45) is 11.8 Å². The molecule has 0 aromatic carbocycles. The molecule has 2 unspecified atom stereocenters. The number of amides is 2. The Bertz CT molecular complexity index is 1420. The molecular formula is C38H53NO2S3Si. The minimum atomic E-state index is -2.06. The van der Waals surface area contributed by atoms with Crippen molar-refractivity contribution in [2.45, 2.75) is 137 Å². The summed E-state index contributed by atoms with van der Waals surface area (Å²) in [6, 6.07) is 7.51. The van der Waals surface area contributed by atoms with Crippen molar-refractivity contribution in [2.75, 3.05) is 6.54 Å². The molecule has 3 aromatic heterocycles. The lowest BCUT2D eigenvalue weighted by Gasteiger charge is -2.35. The van der Waals surface area contributed by atoms with E-state index in [1.165, 1.54) is 120 Å². The highest BCUT2D eigenvalue weighted by atomic mass is 32.1. The molecule has 0 fully saturated rings. The fraction of sp³-hybridized carbons (Fsp3) is 0.632. The van der Waals surface area contributed by atoms with Gasteiger partial charge in [0, 0.05) is 26.6 Å². The highest BCUT2D eigenvalue weighted by Gasteiger charge is 2.50. The largest absolute Gasteiger partial charge is 0.274 e. The van der Waals surface area contributed by atoms with Gasteiger partial charge < -0.3 is 0 Å². The topological polar surface area (TPSA) is 37.4 Å². The fourth-order valence-corrected chi connectivity index (χ4v) is 18.8. The van der Waals surface area contributed by atoms with E-state index < -0.39 is 8.07 Å². The molecule has 5 rings (SSSR count). The van der Waals surface area contributed by atoms with Gasteiger partial charge in [-0.05, 0) is 52.9 Å². The first kappa shape index (κ1) is 34.8. The first-order chi connectivity index (χ1) is 21.9. The minimum absolute atomic E-state index is 0.102. The number of nitrogens with zero attached hydrogens (tertiary/aromatic N) is 1. The van der Waals surface area contributed by atoms with Crippen molar-refractivity contribution in [3.63, 3.8) is 0 Å². The standard InChI is InChI=1S/C38H53NO2S3Si/c1-6-11-14-15-16-17-21-39-37(40)29-24-43-34(33(29)38(39)41)30-23-32-36(44-30)35-31(20-22-42-35)45(32,25-27(9-4)18-12-7-2)26-28(10-5)19-13-8-3/h20,23,27-28H,6-19,21,25-26H2,1-5H3. The maximum atomic E-state index is 13.8. The number of rotatable bonds is 20. The maximum absolute atomic E-state index is 13.8. The Labute approximate surface area is 285 Å². The molecule has 0 saturated heterocycles. The van der Waals surface area contributed by atoms with Gasteiger partial charge in [-0.15, -0.1) is 34.0 Å². The van der Waals surface area contributed by atoms with Gasteiger partial charge in [0.1, 0.15) is 8.07 Å². The zero-order valence-corrected chi connectivity index (χ0v) is 31.8. The molecule has 5 heterocycles. The van der Waals surface area contributed by atoms with Gasteiger partial charge in [-0.3, -0.25) is 14.5 Å². The summed E-state index contributed by atoms with van der Waals surface area (Å²) in [5, 5.41) is 10.1. The zero-order chi connectivity index (χ0) is 32.0. The molecule has 3 aromatic rings. The average molecular weight is 680 g/mol.